The van der Waals surface area contributed by atoms with Crippen LogP contribution in [0.4, 0.5) is 0 Å². The van der Waals surface area contributed by atoms with Crippen molar-refractivity contribution in [2.75, 3.05) is 27.2 Å². The van der Waals surface area contributed by atoms with E-state index in [1.807, 2.05) is 72.3 Å². The van der Waals surface area contributed by atoms with Gasteiger partial charge in [0.2, 0.25) is 5.91 Å². The molecular formula is C21H29IN4O. The molecule has 2 rings (SSSR count). The van der Waals surface area contributed by atoms with Gasteiger partial charge in [-0.15, -0.1) is 24.0 Å². The van der Waals surface area contributed by atoms with Crippen molar-refractivity contribution in [2.24, 2.45) is 4.99 Å². The van der Waals surface area contributed by atoms with Crippen LogP contribution in [0.2, 0.25) is 0 Å². The van der Waals surface area contributed by atoms with Crippen LogP contribution in [0.1, 0.15) is 18.1 Å². The van der Waals surface area contributed by atoms with Crippen LogP contribution in [-0.2, 0) is 17.9 Å². The Morgan fingerprint density at radius 2 is 1.48 bits per heavy atom. The van der Waals surface area contributed by atoms with Crippen LogP contribution >= 0.6 is 24.0 Å². The Balaban J connectivity index is 0.00000364. The van der Waals surface area contributed by atoms with Crippen molar-refractivity contribution in [1.82, 2.24) is 15.1 Å². The molecule has 27 heavy (non-hydrogen) atoms. The van der Waals surface area contributed by atoms with Crippen LogP contribution in [-0.4, -0.2) is 48.9 Å². The molecule has 2 aromatic rings. The number of aliphatic imine (C=N–C) groups is 1. The Labute approximate surface area is 179 Å². The fraction of sp³-hybridized carbons (Fsp3) is 0.333. The average Bonchev–Trinajstić information content (AvgIpc) is 2.68. The summed E-state index contributed by atoms with van der Waals surface area (Å²) in [6.45, 7) is 4.25. The van der Waals surface area contributed by atoms with E-state index in [1.165, 1.54) is 5.56 Å². The number of carbonyl (C=O) groups is 1. The molecule has 1 N–H and O–H groups in total. The van der Waals surface area contributed by atoms with Gasteiger partial charge in [0.15, 0.2) is 5.96 Å². The Bertz CT molecular complexity index is 707. The van der Waals surface area contributed by atoms with Crippen molar-refractivity contribution >= 4 is 35.8 Å². The van der Waals surface area contributed by atoms with Gasteiger partial charge >= 0.3 is 0 Å². The Morgan fingerprint density at radius 1 is 0.963 bits per heavy atom. The summed E-state index contributed by atoms with van der Waals surface area (Å²) in [7, 11) is 3.70. The summed E-state index contributed by atoms with van der Waals surface area (Å²) in [5, 5.41) is 3.17. The number of hydrogen-bond donors (Lipinski definition) is 1. The van der Waals surface area contributed by atoms with Gasteiger partial charge in [0.05, 0.1) is 6.54 Å². The van der Waals surface area contributed by atoms with Crippen LogP contribution in [0.15, 0.2) is 65.7 Å². The zero-order valence-electron chi connectivity index (χ0n) is 16.3. The fourth-order valence-corrected chi connectivity index (χ4v) is 2.76. The summed E-state index contributed by atoms with van der Waals surface area (Å²) in [4.78, 5) is 20.7. The van der Waals surface area contributed by atoms with Crippen molar-refractivity contribution in [3.05, 3.63) is 71.8 Å². The molecule has 146 valence electrons. The first-order valence-corrected chi connectivity index (χ1v) is 8.91. The number of guanidine groups is 1. The number of nitrogens with one attached hydrogen (secondary N) is 1. The maximum absolute atomic E-state index is 12.6. The molecule has 0 aliphatic carbocycles. The van der Waals surface area contributed by atoms with Gasteiger partial charge in [0.1, 0.15) is 0 Å². The van der Waals surface area contributed by atoms with E-state index in [0.29, 0.717) is 19.0 Å². The minimum absolute atomic E-state index is 0. The van der Waals surface area contributed by atoms with Gasteiger partial charge in [-0.25, -0.2) is 0 Å². The molecule has 0 aliphatic heterocycles. The van der Waals surface area contributed by atoms with E-state index in [0.717, 1.165) is 12.1 Å². The molecule has 0 atom stereocenters. The topological polar surface area (TPSA) is 47.9 Å². The van der Waals surface area contributed by atoms with Crippen LogP contribution in [0.5, 0.6) is 0 Å². The van der Waals surface area contributed by atoms with E-state index in [-0.39, 0.29) is 36.4 Å². The molecule has 2 aromatic carbocycles. The lowest BCUT2D eigenvalue weighted by molar-refractivity contribution is -0.130. The molecule has 5 nitrogen and oxygen atoms in total. The van der Waals surface area contributed by atoms with Gasteiger partial charge in [0, 0.05) is 33.7 Å². The van der Waals surface area contributed by atoms with E-state index in [1.54, 1.807) is 7.05 Å². The van der Waals surface area contributed by atoms with Crippen molar-refractivity contribution < 1.29 is 4.79 Å². The largest absolute Gasteiger partial charge is 0.347 e. The van der Waals surface area contributed by atoms with E-state index < -0.39 is 0 Å². The molecule has 0 fully saturated rings. The first kappa shape index (κ1) is 23.0. The van der Waals surface area contributed by atoms with Crippen LogP contribution in [0.3, 0.4) is 0 Å². The highest BCUT2D eigenvalue weighted by Crippen LogP contribution is 2.05. The third kappa shape index (κ3) is 7.58. The zero-order valence-corrected chi connectivity index (χ0v) is 18.6. The quantitative estimate of drug-likeness (QED) is 0.376. The van der Waals surface area contributed by atoms with Crippen LogP contribution < -0.4 is 5.32 Å². The standard InChI is InChI=1S/C21H28N4O.HI/c1-4-25(17-19-13-9-6-10-14-19)20(26)15-23-21(22-2)24(3)16-18-11-7-5-8-12-18;/h5-14H,4,15-17H2,1-3H3,(H,22,23);1H. The lowest BCUT2D eigenvalue weighted by Gasteiger charge is -2.25. The third-order valence-corrected chi connectivity index (χ3v) is 4.18. The molecular weight excluding hydrogens is 451 g/mol. The molecule has 0 bridgehead atoms. The first-order chi connectivity index (χ1) is 12.6. The molecule has 0 aliphatic rings. The lowest BCUT2D eigenvalue weighted by atomic mass is 10.2. The van der Waals surface area contributed by atoms with Crippen LogP contribution in [0, 0.1) is 0 Å². The van der Waals surface area contributed by atoms with E-state index in [9.17, 15) is 4.79 Å². The Morgan fingerprint density at radius 3 is 1.96 bits per heavy atom. The minimum atomic E-state index is 0. The highest BCUT2D eigenvalue weighted by atomic mass is 127. The predicted molar refractivity (Wildman–Crippen MR) is 122 cm³/mol. The minimum Gasteiger partial charge on any atom is -0.347 e. The number of rotatable bonds is 7. The molecule has 0 saturated carbocycles. The van der Waals surface area contributed by atoms with Gasteiger partial charge in [-0.05, 0) is 18.1 Å². The molecule has 0 heterocycles. The van der Waals surface area contributed by atoms with Gasteiger partial charge in [0.25, 0.3) is 0 Å². The molecule has 6 heteroatoms. The van der Waals surface area contributed by atoms with E-state index in [2.05, 4.69) is 22.4 Å². The number of hydrogen-bond acceptors (Lipinski definition) is 2. The molecule has 0 spiro atoms. The molecule has 1 amide bonds. The average molecular weight is 480 g/mol. The highest BCUT2D eigenvalue weighted by Gasteiger charge is 2.14. The Hall–Kier alpha value is -2.09. The molecule has 0 aromatic heterocycles. The normalized spacial score (nSPS) is 10.7. The molecule has 0 radical (unpaired) electrons. The highest BCUT2D eigenvalue weighted by molar-refractivity contribution is 14.0. The van der Waals surface area contributed by atoms with Crippen molar-refractivity contribution in [2.45, 2.75) is 20.0 Å². The Kier molecular flexibility index (Phi) is 10.5. The van der Waals surface area contributed by atoms with Gasteiger partial charge in [-0.3, -0.25) is 9.79 Å². The third-order valence-electron chi connectivity index (χ3n) is 4.18. The van der Waals surface area contributed by atoms with Gasteiger partial charge in [-0.2, -0.15) is 0 Å². The second-order valence-electron chi connectivity index (χ2n) is 6.14. The number of carbonyl (C=O) groups excluding carboxylic acids is 1. The lowest BCUT2D eigenvalue weighted by Crippen LogP contribution is -2.44. The summed E-state index contributed by atoms with van der Waals surface area (Å²) in [5.41, 5.74) is 2.33. The van der Waals surface area contributed by atoms with Crippen molar-refractivity contribution in [1.29, 1.82) is 0 Å². The van der Waals surface area contributed by atoms with Crippen LogP contribution in [0.25, 0.3) is 0 Å². The second kappa shape index (κ2) is 12.3. The van der Waals surface area contributed by atoms with Crippen molar-refractivity contribution in [3.8, 4) is 0 Å². The smallest absolute Gasteiger partial charge is 0.242 e. The summed E-state index contributed by atoms with van der Waals surface area (Å²) in [6, 6.07) is 20.2. The van der Waals surface area contributed by atoms with E-state index >= 15 is 0 Å². The summed E-state index contributed by atoms with van der Waals surface area (Å²) < 4.78 is 0. The maximum atomic E-state index is 12.6. The summed E-state index contributed by atoms with van der Waals surface area (Å²) in [5.74, 6) is 0.767. The van der Waals surface area contributed by atoms with Gasteiger partial charge < -0.3 is 15.1 Å². The number of benzene rings is 2. The van der Waals surface area contributed by atoms with Crippen molar-refractivity contribution in [3.63, 3.8) is 0 Å². The first-order valence-electron chi connectivity index (χ1n) is 8.91. The molecule has 0 saturated heterocycles. The number of amides is 1. The number of halogens is 1. The fourth-order valence-electron chi connectivity index (χ4n) is 2.76. The summed E-state index contributed by atoms with van der Waals surface area (Å²) in [6.07, 6.45) is 0. The van der Waals surface area contributed by atoms with Gasteiger partial charge in [-0.1, -0.05) is 60.7 Å². The molecule has 0 unspecified atom stereocenters. The summed E-state index contributed by atoms with van der Waals surface area (Å²) >= 11 is 0. The second-order valence-corrected chi connectivity index (χ2v) is 6.14. The zero-order chi connectivity index (χ0) is 18.8. The predicted octanol–water partition coefficient (Wildman–Crippen LogP) is 3.36. The maximum Gasteiger partial charge on any atom is 0.242 e. The SMILES string of the molecule is CCN(Cc1ccccc1)C(=O)CNC(=NC)N(C)Cc1ccccc1.I. The number of likely N-dealkylation sites (N-methyl/N-ethyl adjacent to an activating group) is 1. The van der Waals surface area contributed by atoms with E-state index in [4.69, 9.17) is 0 Å². The monoisotopic (exact) mass is 480 g/mol. The number of nitrogens with zero attached hydrogens (tertiary/aromatic N) is 3.